The van der Waals surface area contributed by atoms with Gasteiger partial charge in [0, 0.05) is 31.4 Å². The van der Waals surface area contributed by atoms with E-state index in [1.54, 1.807) is 10.9 Å². The summed E-state index contributed by atoms with van der Waals surface area (Å²) in [7, 11) is 0. The van der Waals surface area contributed by atoms with Gasteiger partial charge in [-0.15, -0.1) is 12.4 Å². The van der Waals surface area contributed by atoms with Gasteiger partial charge < -0.3 is 15.5 Å². The molecule has 1 atom stereocenters. The largest absolute Gasteiger partial charge is 0.349 e. The molecule has 4 rings (SSSR count). The average Bonchev–Trinajstić information content (AvgIpc) is 3.11. The fraction of sp³-hybridized carbons (Fsp3) is 0.688. The van der Waals surface area contributed by atoms with Gasteiger partial charge in [-0.05, 0) is 44.8 Å². The number of carbonyl (C=O) groups excluding carboxylic acids is 2. The Labute approximate surface area is 147 Å². The van der Waals surface area contributed by atoms with E-state index in [-0.39, 0.29) is 30.3 Å². The maximum atomic E-state index is 13.0. The number of halogens is 1. The summed E-state index contributed by atoms with van der Waals surface area (Å²) in [6, 6.07) is 2.20. The van der Waals surface area contributed by atoms with Gasteiger partial charge in [0.1, 0.15) is 5.54 Å². The number of likely N-dealkylation sites (tertiary alicyclic amines) is 1. The minimum Gasteiger partial charge on any atom is -0.349 e. The molecule has 3 heterocycles. The van der Waals surface area contributed by atoms with Crippen LogP contribution in [-0.4, -0.2) is 58.2 Å². The Morgan fingerprint density at radius 2 is 2.08 bits per heavy atom. The van der Waals surface area contributed by atoms with Crippen molar-refractivity contribution in [2.75, 3.05) is 19.6 Å². The second-order valence-corrected chi connectivity index (χ2v) is 6.88. The zero-order valence-corrected chi connectivity index (χ0v) is 14.4. The van der Waals surface area contributed by atoms with Crippen LogP contribution in [0.15, 0.2) is 18.5 Å². The molecule has 0 spiro atoms. The van der Waals surface area contributed by atoms with E-state index in [0.29, 0.717) is 31.8 Å². The van der Waals surface area contributed by atoms with Gasteiger partial charge in [-0.25, -0.2) is 0 Å². The van der Waals surface area contributed by atoms with Crippen LogP contribution in [0.3, 0.4) is 0 Å². The molecule has 1 aliphatic carbocycles. The highest BCUT2D eigenvalue weighted by molar-refractivity contribution is 5.87. The molecule has 1 saturated carbocycles. The van der Waals surface area contributed by atoms with Crippen molar-refractivity contribution in [1.29, 1.82) is 0 Å². The Kier molecular flexibility index (Phi) is 4.83. The molecule has 1 aromatic rings. The molecule has 3 aliphatic rings. The summed E-state index contributed by atoms with van der Waals surface area (Å²) in [5.74, 6) is 0.175. The van der Waals surface area contributed by atoms with Crippen LogP contribution in [0.1, 0.15) is 32.1 Å². The summed E-state index contributed by atoms with van der Waals surface area (Å²) in [6.45, 7) is 2.25. The lowest BCUT2D eigenvalue weighted by atomic mass is 9.87. The number of piperidine rings is 1. The Morgan fingerprint density at radius 1 is 1.33 bits per heavy atom. The van der Waals surface area contributed by atoms with Gasteiger partial charge in [-0.3, -0.25) is 14.3 Å². The van der Waals surface area contributed by atoms with Crippen molar-refractivity contribution < 1.29 is 9.59 Å². The standard InChI is InChI=1S/C16H23N5O2.ClH/c22-14-10-12(11-20(14)13-2-3-13)19-15(23)16(4-7-17-8-5-16)21-9-1-6-18-21;/h1,6,9,12-13,17H,2-5,7-8,10-11H2,(H,19,23);1H. The minimum absolute atomic E-state index is 0. The fourth-order valence-corrected chi connectivity index (χ4v) is 3.81. The first kappa shape index (κ1) is 17.2. The minimum atomic E-state index is -0.634. The van der Waals surface area contributed by atoms with Gasteiger partial charge in [0.25, 0.3) is 0 Å². The predicted molar refractivity (Wildman–Crippen MR) is 90.8 cm³/mol. The third kappa shape index (κ3) is 3.02. The van der Waals surface area contributed by atoms with E-state index in [1.807, 2.05) is 17.2 Å². The summed E-state index contributed by atoms with van der Waals surface area (Å²) >= 11 is 0. The maximum Gasteiger partial charge on any atom is 0.248 e. The maximum absolute atomic E-state index is 13.0. The number of nitrogens with zero attached hydrogens (tertiary/aromatic N) is 3. The third-order valence-corrected chi connectivity index (χ3v) is 5.28. The lowest BCUT2D eigenvalue weighted by Gasteiger charge is -2.37. The molecule has 2 N–H and O–H groups in total. The summed E-state index contributed by atoms with van der Waals surface area (Å²) < 4.78 is 1.79. The zero-order valence-electron chi connectivity index (χ0n) is 13.6. The van der Waals surface area contributed by atoms with E-state index in [0.717, 1.165) is 25.9 Å². The van der Waals surface area contributed by atoms with Crippen LogP contribution in [-0.2, 0) is 15.1 Å². The smallest absolute Gasteiger partial charge is 0.248 e. The second kappa shape index (κ2) is 6.72. The van der Waals surface area contributed by atoms with Gasteiger partial charge >= 0.3 is 0 Å². The molecule has 24 heavy (non-hydrogen) atoms. The van der Waals surface area contributed by atoms with Crippen molar-refractivity contribution in [1.82, 2.24) is 25.3 Å². The number of nitrogens with one attached hydrogen (secondary N) is 2. The molecule has 0 radical (unpaired) electrons. The molecule has 2 saturated heterocycles. The van der Waals surface area contributed by atoms with Crippen molar-refractivity contribution in [3.8, 4) is 0 Å². The van der Waals surface area contributed by atoms with Gasteiger partial charge in [-0.1, -0.05) is 0 Å². The van der Waals surface area contributed by atoms with Crippen molar-refractivity contribution in [2.45, 2.75) is 49.7 Å². The van der Waals surface area contributed by atoms with Crippen molar-refractivity contribution in [2.24, 2.45) is 0 Å². The normalized spacial score (nSPS) is 26.1. The summed E-state index contributed by atoms with van der Waals surface area (Å²) in [5, 5.41) is 10.8. The van der Waals surface area contributed by atoms with Crippen LogP contribution in [0.5, 0.6) is 0 Å². The SMILES string of the molecule is Cl.O=C1CC(NC(=O)C2(n3cccn3)CCNCC2)CN1C1CC1. The summed E-state index contributed by atoms with van der Waals surface area (Å²) in [5.41, 5.74) is -0.634. The molecule has 132 valence electrons. The molecular formula is C16H24ClN5O2. The van der Waals surface area contributed by atoms with Gasteiger partial charge in [0.2, 0.25) is 11.8 Å². The molecule has 8 heteroatoms. The van der Waals surface area contributed by atoms with Crippen LogP contribution >= 0.6 is 12.4 Å². The van der Waals surface area contributed by atoms with E-state index in [4.69, 9.17) is 0 Å². The van der Waals surface area contributed by atoms with Crippen molar-refractivity contribution in [3.05, 3.63) is 18.5 Å². The number of aromatic nitrogens is 2. The summed E-state index contributed by atoms with van der Waals surface area (Å²) in [4.78, 5) is 27.1. The molecule has 2 amide bonds. The molecule has 1 aromatic heterocycles. The number of hydrogen-bond donors (Lipinski definition) is 2. The lowest BCUT2D eigenvalue weighted by Crippen LogP contribution is -2.56. The van der Waals surface area contributed by atoms with Gasteiger partial charge in [0.05, 0.1) is 6.04 Å². The first-order valence-corrected chi connectivity index (χ1v) is 8.50. The van der Waals surface area contributed by atoms with Crippen LogP contribution in [0.4, 0.5) is 0 Å². The van der Waals surface area contributed by atoms with E-state index < -0.39 is 5.54 Å². The van der Waals surface area contributed by atoms with E-state index in [9.17, 15) is 9.59 Å². The number of amides is 2. The van der Waals surface area contributed by atoms with E-state index in [1.165, 1.54) is 0 Å². The molecule has 0 bridgehead atoms. The Bertz CT molecular complexity index is 596. The summed E-state index contributed by atoms with van der Waals surface area (Å²) in [6.07, 6.45) is 7.65. The highest BCUT2D eigenvalue weighted by Crippen LogP contribution is 2.32. The van der Waals surface area contributed by atoms with Crippen LogP contribution < -0.4 is 10.6 Å². The predicted octanol–water partition coefficient (Wildman–Crippen LogP) is 0.263. The molecule has 2 aliphatic heterocycles. The number of hydrogen-bond acceptors (Lipinski definition) is 4. The zero-order chi connectivity index (χ0) is 15.9. The molecule has 1 unspecified atom stereocenters. The molecule has 7 nitrogen and oxygen atoms in total. The van der Waals surface area contributed by atoms with Crippen LogP contribution in [0.25, 0.3) is 0 Å². The number of rotatable bonds is 4. The quantitative estimate of drug-likeness (QED) is 0.814. The highest BCUT2D eigenvalue weighted by Gasteiger charge is 2.45. The van der Waals surface area contributed by atoms with Gasteiger partial charge in [0.15, 0.2) is 0 Å². The molecule has 3 fully saturated rings. The first-order chi connectivity index (χ1) is 11.2. The fourth-order valence-electron chi connectivity index (χ4n) is 3.81. The monoisotopic (exact) mass is 353 g/mol. The van der Waals surface area contributed by atoms with Crippen LogP contribution in [0.2, 0.25) is 0 Å². The number of carbonyl (C=O) groups is 2. The van der Waals surface area contributed by atoms with E-state index >= 15 is 0 Å². The Balaban J connectivity index is 0.00000169. The van der Waals surface area contributed by atoms with Crippen LogP contribution in [0, 0.1) is 0 Å². The van der Waals surface area contributed by atoms with Gasteiger partial charge in [-0.2, -0.15) is 5.10 Å². The van der Waals surface area contributed by atoms with E-state index in [2.05, 4.69) is 15.7 Å². The van der Waals surface area contributed by atoms with Crippen molar-refractivity contribution >= 4 is 24.2 Å². The molecule has 0 aromatic carbocycles. The second-order valence-electron chi connectivity index (χ2n) is 6.88. The Hall–Kier alpha value is -1.60. The highest BCUT2D eigenvalue weighted by atomic mass is 35.5. The first-order valence-electron chi connectivity index (χ1n) is 8.50. The topological polar surface area (TPSA) is 79.3 Å². The Morgan fingerprint density at radius 3 is 2.71 bits per heavy atom. The molecular weight excluding hydrogens is 330 g/mol. The third-order valence-electron chi connectivity index (χ3n) is 5.28. The average molecular weight is 354 g/mol. The van der Waals surface area contributed by atoms with Crippen molar-refractivity contribution in [3.63, 3.8) is 0 Å². The lowest BCUT2D eigenvalue weighted by molar-refractivity contribution is -0.132.